The van der Waals surface area contributed by atoms with Crippen LogP contribution >= 0.6 is 0 Å². The van der Waals surface area contributed by atoms with Crippen LogP contribution < -0.4 is 4.74 Å². The monoisotopic (exact) mass is 642 g/mol. The van der Waals surface area contributed by atoms with Crippen molar-refractivity contribution in [3.8, 4) is 28.7 Å². The molecule has 0 fully saturated rings. The molecule has 0 aliphatic rings. The van der Waals surface area contributed by atoms with Gasteiger partial charge in [-0.2, -0.15) is 22.0 Å². The van der Waals surface area contributed by atoms with Crippen molar-refractivity contribution in [3.05, 3.63) is 123 Å². The van der Waals surface area contributed by atoms with Gasteiger partial charge in [0.05, 0.1) is 5.56 Å². The first-order chi connectivity index (χ1) is 21.1. The lowest BCUT2D eigenvalue weighted by Crippen LogP contribution is -2.25. The highest BCUT2D eigenvalue weighted by atomic mass is 19.4. The van der Waals surface area contributed by atoms with E-state index in [0.29, 0.717) is 18.6 Å². The first-order valence-electron chi connectivity index (χ1n) is 13.3. The van der Waals surface area contributed by atoms with E-state index in [1.54, 1.807) is 6.07 Å². The zero-order valence-corrected chi connectivity index (χ0v) is 23.2. The van der Waals surface area contributed by atoms with Gasteiger partial charge in [0.2, 0.25) is 0 Å². The van der Waals surface area contributed by atoms with E-state index in [-0.39, 0.29) is 28.8 Å². The summed E-state index contributed by atoms with van der Waals surface area (Å²) in [5, 5.41) is 0. The summed E-state index contributed by atoms with van der Waals surface area (Å²) in [7, 11) is 0. The van der Waals surface area contributed by atoms with Gasteiger partial charge in [-0.05, 0) is 54.3 Å². The minimum absolute atomic E-state index is 0.136. The molecule has 0 atom stereocenters. The second kappa shape index (κ2) is 13.2. The standard InChI is InChI=1S/C33H21F11O/c1-2-3-4-5-18-7-11-23(25(35)12-18)21-10-9-20(24(34)15-21)8-6-19-13-26(36)31(27(37)14-19)33(43,44)45-22-16-28(38)30(29(39)17-22)32(40,41)42/h7,9-17H,2-5H2,1H3. The van der Waals surface area contributed by atoms with Crippen LogP contribution in [0.5, 0.6) is 5.75 Å². The summed E-state index contributed by atoms with van der Waals surface area (Å²) in [5.74, 6) is -6.86. The summed E-state index contributed by atoms with van der Waals surface area (Å²) >= 11 is 0. The highest BCUT2D eigenvalue weighted by molar-refractivity contribution is 5.66. The molecule has 1 nitrogen and oxygen atoms in total. The number of unbranched alkanes of at least 4 members (excludes halogenated alkanes) is 2. The molecule has 0 saturated carbocycles. The Morgan fingerprint density at radius 2 is 1.24 bits per heavy atom. The maximum absolute atomic E-state index is 14.8. The number of halogens is 11. The van der Waals surface area contributed by atoms with Gasteiger partial charge in [-0.25, -0.2) is 26.3 Å². The first-order valence-corrected chi connectivity index (χ1v) is 13.3. The summed E-state index contributed by atoms with van der Waals surface area (Å²) < 4.78 is 158. The molecule has 12 heteroatoms. The smallest absolute Gasteiger partial charge is 0.429 e. The van der Waals surface area contributed by atoms with Gasteiger partial charge in [-0.3, -0.25) is 0 Å². The maximum atomic E-state index is 14.8. The molecule has 0 radical (unpaired) electrons. The minimum atomic E-state index is -5.49. The van der Waals surface area contributed by atoms with E-state index in [1.807, 2.05) is 6.92 Å². The van der Waals surface area contributed by atoms with Gasteiger partial charge in [0.15, 0.2) is 0 Å². The van der Waals surface area contributed by atoms with Crippen LogP contribution in [0.4, 0.5) is 48.3 Å². The van der Waals surface area contributed by atoms with Crippen LogP contribution in [0.2, 0.25) is 0 Å². The van der Waals surface area contributed by atoms with Crippen molar-refractivity contribution in [3.63, 3.8) is 0 Å². The molecule has 4 rings (SSSR count). The molecule has 236 valence electrons. The topological polar surface area (TPSA) is 9.23 Å². The second-order valence-corrected chi connectivity index (χ2v) is 9.91. The van der Waals surface area contributed by atoms with Gasteiger partial charge in [0.1, 0.15) is 51.8 Å². The fourth-order valence-corrected chi connectivity index (χ4v) is 4.45. The normalized spacial score (nSPS) is 11.7. The van der Waals surface area contributed by atoms with E-state index in [2.05, 4.69) is 16.6 Å². The van der Waals surface area contributed by atoms with Crippen molar-refractivity contribution in [2.24, 2.45) is 0 Å². The molecule has 0 spiro atoms. The number of alkyl halides is 5. The van der Waals surface area contributed by atoms with Crippen molar-refractivity contribution in [2.45, 2.75) is 44.9 Å². The number of aryl methyl sites for hydroxylation is 1. The molecule has 4 aromatic carbocycles. The van der Waals surface area contributed by atoms with E-state index >= 15 is 0 Å². The Morgan fingerprint density at radius 3 is 1.80 bits per heavy atom. The van der Waals surface area contributed by atoms with Gasteiger partial charge in [-0.15, -0.1) is 0 Å². The summed E-state index contributed by atoms with van der Waals surface area (Å²) in [5.41, 5.74) is -4.05. The van der Waals surface area contributed by atoms with Crippen LogP contribution in [0, 0.1) is 46.7 Å². The Morgan fingerprint density at radius 1 is 0.622 bits per heavy atom. The van der Waals surface area contributed by atoms with E-state index in [9.17, 15) is 48.3 Å². The molecule has 0 aliphatic heterocycles. The molecule has 0 unspecified atom stereocenters. The molecular formula is C33H21F11O. The van der Waals surface area contributed by atoms with Crippen LogP contribution in [-0.2, 0) is 18.7 Å². The molecule has 0 saturated heterocycles. The maximum Gasteiger partial charge on any atom is 0.432 e. The van der Waals surface area contributed by atoms with E-state index in [0.717, 1.165) is 30.9 Å². The van der Waals surface area contributed by atoms with Crippen LogP contribution in [-0.4, -0.2) is 0 Å². The van der Waals surface area contributed by atoms with Crippen LogP contribution in [0.1, 0.15) is 54.0 Å². The van der Waals surface area contributed by atoms with Gasteiger partial charge < -0.3 is 4.74 Å². The predicted molar refractivity (Wildman–Crippen MR) is 143 cm³/mol. The van der Waals surface area contributed by atoms with Crippen molar-refractivity contribution in [2.75, 3.05) is 0 Å². The highest BCUT2D eigenvalue weighted by Crippen LogP contribution is 2.39. The molecule has 0 N–H and O–H groups in total. The number of benzene rings is 4. The number of hydrogen-bond donors (Lipinski definition) is 0. The molecule has 45 heavy (non-hydrogen) atoms. The Balaban J connectivity index is 1.55. The molecule has 0 aliphatic carbocycles. The van der Waals surface area contributed by atoms with E-state index in [1.165, 1.54) is 24.3 Å². The van der Waals surface area contributed by atoms with Crippen LogP contribution in [0.3, 0.4) is 0 Å². The zero-order chi connectivity index (χ0) is 33.1. The van der Waals surface area contributed by atoms with E-state index < -0.39 is 69.6 Å². The average molecular weight is 643 g/mol. The third-order valence-electron chi connectivity index (χ3n) is 6.60. The fourth-order valence-electron chi connectivity index (χ4n) is 4.45. The lowest BCUT2D eigenvalue weighted by molar-refractivity contribution is -0.189. The Bertz CT molecular complexity index is 1740. The first kappa shape index (κ1) is 33.4. The average Bonchev–Trinajstić information content (AvgIpc) is 2.90. The lowest BCUT2D eigenvalue weighted by Gasteiger charge is -2.20. The quantitative estimate of drug-likeness (QED) is 0.106. The lowest BCUT2D eigenvalue weighted by atomic mass is 9.99. The molecular weight excluding hydrogens is 621 g/mol. The Hall–Kier alpha value is -4.53. The van der Waals surface area contributed by atoms with Crippen molar-refractivity contribution in [1.29, 1.82) is 0 Å². The largest absolute Gasteiger partial charge is 0.432 e. The Labute approximate surface area is 250 Å². The van der Waals surface area contributed by atoms with Crippen LogP contribution in [0.15, 0.2) is 60.7 Å². The number of ether oxygens (including phenoxy) is 1. The Kier molecular flexibility index (Phi) is 9.80. The van der Waals surface area contributed by atoms with Crippen molar-refractivity contribution < 1.29 is 53.0 Å². The molecule has 0 amide bonds. The van der Waals surface area contributed by atoms with Crippen molar-refractivity contribution in [1.82, 2.24) is 0 Å². The zero-order valence-electron chi connectivity index (χ0n) is 23.2. The van der Waals surface area contributed by atoms with Gasteiger partial charge in [0.25, 0.3) is 0 Å². The van der Waals surface area contributed by atoms with Gasteiger partial charge in [-0.1, -0.05) is 49.8 Å². The number of hydrogen-bond acceptors (Lipinski definition) is 1. The molecule has 0 aromatic heterocycles. The predicted octanol–water partition coefficient (Wildman–Crippen LogP) is 10.5. The molecule has 0 heterocycles. The fraction of sp³-hybridized carbons (Fsp3) is 0.212. The van der Waals surface area contributed by atoms with E-state index in [4.69, 9.17) is 0 Å². The van der Waals surface area contributed by atoms with Gasteiger partial charge in [0, 0.05) is 23.3 Å². The minimum Gasteiger partial charge on any atom is -0.429 e. The summed E-state index contributed by atoms with van der Waals surface area (Å²) in [4.78, 5) is 0. The molecule has 0 bridgehead atoms. The summed E-state index contributed by atoms with van der Waals surface area (Å²) in [6, 6.07) is 8.47. The number of rotatable bonds is 8. The third-order valence-corrected chi connectivity index (χ3v) is 6.60. The molecule has 4 aromatic rings. The third kappa shape index (κ3) is 7.77. The second-order valence-electron chi connectivity index (χ2n) is 9.91. The SMILES string of the molecule is CCCCCc1ccc(-c2ccc(C#Cc3cc(F)c(C(F)(F)Oc4cc(F)c(C(F)(F)F)c(F)c4)c(F)c3)c(F)c2)c(F)c1. The highest BCUT2D eigenvalue weighted by Gasteiger charge is 2.43. The van der Waals surface area contributed by atoms with Gasteiger partial charge >= 0.3 is 12.3 Å². The summed E-state index contributed by atoms with van der Waals surface area (Å²) in [6.45, 7) is 2.05. The summed E-state index contributed by atoms with van der Waals surface area (Å²) in [6.07, 6.45) is -6.83. The van der Waals surface area contributed by atoms with Crippen molar-refractivity contribution >= 4 is 0 Å². The van der Waals surface area contributed by atoms with Crippen LogP contribution in [0.25, 0.3) is 11.1 Å².